The van der Waals surface area contributed by atoms with Crippen LogP contribution in [0.25, 0.3) is 0 Å². The van der Waals surface area contributed by atoms with E-state index in [1.54, 1.807) is 0 Å². The molecule has 0 radical (unpaired) electrons. The zero-order valence-electron chi connectivity index (χ0n) is 13.3. The van der Waals surface area contributed by atoms with Gasteiger partial charge in [-0.3, -0.25) is 4.79 Å². The van der Waals surface area contributed by atoms with Crippen molar-refractivity contribution >= 4 is 17.5 Å². The Kier molecular flexibility index (Phi) is 4.74. The van der Waals surface area contributed by atoms with Gasteiger partial charge in [-0.2, -0.15) is 0 Å². The van der Waals surface area contributed by atoms with Gasteiger partial charge in [0.05, 0.1) is 5.41 Å². The predicted octanol–water partition coefficient (Wildman–Crippen LogP) is 3.36. The fourth-order valence-electron chi connectivity index (χ4n) is 4.06. The molecule has 1 saturated carbocycles. The lowest BCUT2D eigenvalue weighted by Gasteiger charge is -2.38. The molecule has 1 saturated heterocycles. The molecule has 1 aliphatic heterocycles. The zero-order chi connectivity index (χ0) is 15.6. The van der Waals surface area contributed by atoms with E-state index in [0.29, 0.717) is 11.9 Å². The van der Waals surface area contributed by atoms with E-state index in [0.717, 1.165) is 62.2 Å². The highest BCUT2D eigenvalue weighted by molar-refractivity contribution is 6.30. The SMILES string of the molecule is CNC1CCN(C(=O)C2(c3cccc(Cl)c3)CCCC2)CC1. The summed E-state index contributed by atoms with van der Waals surface area (Å²) in [5, 5.41) is 4.05. The Morgan fingerprint density at radius 3 is 2.55 bits per heavy atom. The quantitative estimate of drug-likeness (QED) is 0.926. The van der Waals surface area contributed by atoms with Gasteiger partial charge < -0.3 is 10.2 Å². The minimum absolute atomic E-state index is 0.321. The Balaban J connectivity index is 1.83. The van der Waals surface area contributed by atoms with Gasteiger partial charge in [0, 0.05) is 24.2 Å². The monoisotopic (exact) mass is 320 g/mol. The first-order chi connectivity index (χ1) is 10.7. The predicted molar refractivity (Wildman–Crippen MR) is 90.3 cm³/mol. The van der Waals surface area contributed by atoms with Crippen LogP contribution in [0.4, 0.5) is 0 Å². The van der Waals surface area contributed by atoms with Crippen molar-refractivity contribution < 1.29 is 4.79 Å². The normalized spacial score (nSPS) is 22.0. The van der Waals surface area contributed by atoms with Crippen LogP contribution in [0.15, 0.2) is 24.3 Å². The van der Waals surface area contributed by atoms with Gasteiger partial charge in [0.25, 0.3) is 0 Å². The van der Waals surface area contributed by atoms with Crippen LogP contribution in [0.1, 0.15) is 44.1 Å². The molecule has 120 valence electrons. The fraction of sp³-hybridized carbons (Fsp3) is 0.611. The molecule has 0 aromatic heterocycles. The van der Waals surface area contributed by atoms with Crippen molar-refractivity contribution in [2.24, 2.45) is 0 Å². The number of carbonyl (C=O) groups is 1. The number of amides is 1. The molecular weight excluding hydrogens is 296 g/mol. The first-order valence-electron chi connectivity index (χ1n) is 8.38. The highest BCUT2D eigenvalue weighted by Gasteiger charge is 2.45. The smallest absolute Gasteiger partial charge is 0.233 e. The van der Waals surface area contributed by atoms with Crippen LogP contribution < -0.4 is 5.32 Å². The Morgan fingerprint density at radius 2 is 1.95 bits per heavy atom. The molecule has 0 bridgehead atoms. The van der Waals surface area contributed by atoms with Crippen molar-refractivity contribution in [1.82, 2.24) is 10.2 Å². The first kappa shape index (κ1) is 15.8. The highest BCUT2D eigenvalue weighted by atomic mass is 35.5. The summed E-state index contributed by atoms with van der Waals surface area (Å²) in [6.45, 7) is 1.74. The minimum Gasteiger partial charge on any atom is -0.342 e. The zero-order valence-corrected chi connectivity index (χ0v) is 14.0. The number of hydrogen-bond acceptors (Lipinski definition) is 2. The molecular formula is C18H25ClN2O. The maximum atomic E-state index is 13.3. The van der Waals surface area contributed by atoms with Crippen LogP contribution >= 0.6 is 11.6 Å². The van der Waals surface area contributed by atoms with E-state index in [-0.39, 0.29) is 5.41 Å². The van der Waals surface area contributed by atoms with Gasteiger partial charge in [-0.25, -0.2) is 0 Å². The number of rotatable bonds is 3. The summed E-state index contributed by atoms with van der Waals surface area (Å²) in [7, 11) is 2.01. The second-order valence-corrected chi connectivity index (χ2v) is 7.09. The number of nitrogens with one attached hydrogen (secondary N) is 1. The lowest BCUT2D eigenvalue weighted by Crippen LogP contribution is -2.50. The van der Waals surface area contributed by atoms with Crippen molar-refractivity contribution in [3.63, 3.8) is 0 Å². The van der Waals surface area contributed by atoms with Crippen molar-refractivity contribution in [3.8, 4) is 0 Å². The van der Waals surface area contributed by atoms with E-state index in [9.17, 15) is 4.79 Å². The lowest BCUT2D eigenvalue weighted by atomic mass is 9.77. The van der Waals surface area contributed by atoms with Crippen LogP contribution in [0, 0.1) is 0 Å². The maximum Gasteiger partial charge on any atom is 0.233 e. The average molecular weight is 321 g/mol. The number of benzene rings is 1. The van der Waals surface area contributed by atoms with E-state index in [1.165, 1.54) is 0 Å². The topological polar surface area (TPSA) is 32.3 Å². The van der Waals surface area contributed by atoms with E-state index < -0.39 is 0 Å². The number of likely N-dealkylation sites (tertiary alicyclic amines) is 1. The minimum atomic E-state index is -0.336. The summed E-state index contributed by atoms with van der Waals surface area (Å²) in [6, 6.07) is 8.48. The summed E-state index contributed by atoms with van der Waals surface area (Å²) >= 11 is 6.18. The average Bonchev–Trinajstić information content (AvgIpc) is 3.05. The van der Waals surface area contributed by atoms with E-state index >= 15 is 0 Å². The summed E-state index contributed by atoms with van der Waals surface area (Å²) in [6.07, 6.45) is 6.27. The van der Waals surface area contributed by atoms with Gasteiger partial charge >= 0.3 is 0 Å². The van der Waals surface area contributed by atoms with Crippen molar-refractivity contribution in [1.29, 1.82) is 0 Å². The number of hydrogen-bond donors (Lipinski definition) is 1. The number of carbonyl (C=O) groups excluding carboxylic acids is 1. The molecule has 0 atom stereocenters. The summed E-state index contributed by atoms with van der Waals surface area (Å²) in [5.74, 6) is 0.321. The van der Waals surface area contributed by atoms with Crippen molar-refractivity contribution in [2.45, 2.75) is 50.0 Å². The first-order valence-corrected chi connectivity index (χ1v) is 8.76. The molecule has 1 aromatic rings. The Hall–Kier alpha value is -1.06. The number of nitrogens with zero attached hydrogens (tertiary/aromatic N) is 1. The van der Waals surface area contributed by atoms with Crippen LogP contribution in [-0.2, 0) is 10.2 Å². The van der Waals surface area contributed by atoms with Crippen molar-refractivity contribution in [2.75, 3.05) is 20.1 Å². The summed E-state index contributed by atoms with van der Waals surface area (Å²) in [5.41, 5.74) is 0.774. The van der Waals surface area contributed by atoms with Gasteiger partial charge in [0.2, 0.25) is 5.91 Å². The van der Waals surface area contributed by atoms with E-state index in [1.807, 2.05) is 25.2 Å². The van der Waals surface area contributed by atoms with Gasteiger partial charge in [-0.15, -0.1) is 0 Å². The molecule has 1 N–H and O–H groups in total. The molecule has 0 spiro atoms. The van der Waals surface area contributed by atoms with Crippen LogP contribution in [-0.4, -0.2) is 37.0 Å². The fourth-order valence-corrected chi connectivity index (χ4v) is 4.25. The van der Waals surface area contributed by atoms with Crippen LogP contribution in [0.3, 0.4) is 0 Å². The Morgan fingerprint density at radius 1 is 1.27 bits per heavy atom. The van der Waals surface area contributed by atoms with Gasteiger partial charge in [0.1, 0.15) is 0 Å². The molecule has 1 aromatic carbocycles. The molecule has 22 heavy (non-hydrogen) atoms. The largest absolute Gasteiger partial charge is 0.342 e. The Bertz CT molecular complexity index is 532. The molecule has 2 aliphatic rings. The third kappa shape index (κ3) is 2.89. The van der Waals surface area contributed by atoms with E-state index in [4.69, 9.17) is 11.6 Å². The second-order valence-electron chi connectivity index (χ2n) is 6.65. The third-order valence-corrected chi connectivity index (χ3v) is 5.67. The molecule has 3 rings (SSSR count). The van der Waals surface area contributed by atoms with Crippen LogP contribution in [0.5, 0.6) is 0 Å². The lowest BCUT2D eigenvalue weighted by molar-refractivity contribution is -0.138. The molecule has 4 heteroatoms. The molecule has 1 heterocycles. The van der Waals surface area contributed by atoms with Gasteiger partial charge in [-0.1, -0.05) is 36.6 Å². The number of halogens is 1. The van der Waals surface area contributed by atoms with Crippen molar-refractivity contribution in [3.05, 3.63) is 34.9 Å². The number of piperidine rings is 1. The third-order valence-electron chi connectivity index (χ3n) is 5.43. The molecule has 0 unspecified atom stereocenters. The molecule has 1 aliphatic carbocycles. The highest BCUT2D eigenvalue weighted by Crippen LogP contribution is 2.43. The summed E-state index contributed by atoms with van der Waals surface area (Å²) < 4.78 is 0. The van der Waals surface area contributed by atoms with Crippen LogP contribution in [0.2, 0.25) is 5.02 Å². The molecule has 2 fully saturated rings. The van der Waals surface area contributed by atoms with Gasteiger partial charge in [0.15, 0.2) is 0 Å². The van der Waals surface area contributed by atoms with Gasteiger partial charge in [-0.05, 0) is 50.4 Å². The second kappa shape index (κ2) is 6.59. The van der Waals surface area contributed by atoms with E-state index in [2.05, 4.69) is 16.3 Å². The Labute approximate surface area is 138 Å². The summed E-state index contributed by atoms with van der Waals surface area (Å²) in [4.78, 5) is 15.4. The molecule has 1 amide bonds. The molecule has 3 nitrogen and oxygen atoms in total. The maximum absolute atomic E-state index is 13.3. The standard InChI is InChI=1S/C18H25ClN2O/c1-20-16-7-11-21(12-8-16)17(22)18(9-2-3-10-18)14-5-4-6-15(19)13-14/h4-6,13,16,20H,2-3,7-12H2,1H3.